The maximum absolute atomic E-state index is 9.42. The average molecular weight is 423 g/mol. The van der Waals surface area contributed by atoms with Gasteiger partial charge in [-0.3, -0.25) is 0 Å². The highest BCUT2D eigenvalue weighted by Crippen LogP contribution is 2.26. The highest BCUT2D eigenvalue weighted by Gasteiger charge is 2.14. The topological polar surface area (TPSA) is 120 Å². The minimum absolute atomic E-state index is 0.126. The van der Waals surface area contributed by atoms with Crippen LogP contribution in [0.1, 0.15) is 12.6 Å². The Kier molecular flexibility index (Phi) is 4.97. The summed E-state index contributed by atoms with van der Waals surface area (Å²) in [6.07, 6.45) is 4.72. The van der Waals surface area contributed by atoms with Crippen LogP contribution in [0.3, 0.4) is 0 Å². The Balaban J connectivity index is 1.46. The van der Waals surface area contributed by atoms with Crippen molar-refractivity contribution in [2.75, 3.05) is 0 Å². The molecule has 10 nitrogen and oxygen atoms in total. The Bertz CT molecular complexity index is 1420. The van der Waals surface area contributed by atoms with Gasteiger partial charge in [0.2, 0.25) is 0 Å². The van der Waals surface area contributed by atoms with Gasteiger partial charge in [0.25, 0.3) is 0 Å². The Labute approximate surface area is 182 Å². The smallest absolute Gasteiger partial charge is 0.154 e. The Morgan fingerprint density at radius 3 is 2.91 bits per heavy atom. The lowest BCUT2D eigenvalue weighted by atomic mass is 10.1. The molecule has 0 saturated carbocycles. The molecule has 1 aromatic carbocycles. The summed E-state index contributed by atoms with van der Waals surface area (Å²) < 4.78 is 9.38. The van der Waals surface area contributed by atoms with E-state index in [-0.39, 0.29) is 6.10 Å². The third-order valence-electron chi connectivity index (χ3n) is 4.85. The zero-order valence-corrected chi connectivity index (χ0v) is 17.1. The molecule has 10 heteroatoms. The van der Waals surface area contributed by atoms with Gasteiger partial charge in [0, 0.05) is 17.3 Å². The predicted molar refractivity (Wildman–Crippen MR) is 114 cm³/mol. The van der Waals surface area contributed by atoms with Gasteiger partial charge >= 0.3 is 0 Å². The molecule has 0 spiro atoms. The zero-order chi connectivity index (χ0) is 21.9. The SMILES string of the molecule is CC(Cn1cnnn1)Oc1cccc(-c2ccc3ncc(-c4cccnc4C#N)n3n2)c1. The highest BCUT2D eigenvalue weighted by atomic mass is 16.5. The van der Waals surface area contributed by atoms with Crippen molar-refractivity contribution in [3.8, 4) is 34.3 Å². The van der Waals surface area contributed by atoms with Crippen LogP contribution in [0.5, 0.6) is 5.75 Å². The molecule has 4 aromatic heterocycles. The predicted octanol–water partition coefficient (Wildman–Crippen LogP) is 2.78. The molecule has 32 heavy (non-hydrogen) atoms. The fourth-order valence-corrected chi connectivity index (χ4v) is 3.44. The summed E-state index contributed by atoms with van der Waals surface area (Å²) in [5.41, 5.74) is 4.03. The van der Waals surface area contributed by atoms with Crippen molar-refractivity contribution >= 4 is 5.65 Å². The first-order valence-electron chi connectivity index (χ1n) is 9.89. The molecule has 1 unspecified atom stereocenters. The Morgan fingerprint density at radius 2 is 2.06 bits per heavy atom. The van der Waals surface area contributed by atoms with E-state index in [0.717, 1.165) is 17.0 Å². The molecule has 5 rings (SSSR count). The van der Waals surface area contributed by atoms with Crippen LogP contribution in [0.15, 0.2) is 67.3 Å². The lowest BCUT2D eigenvalue weighted by Crippen LogP contribution is -2.20. The van der Waals surface area contributed by atoms with Crippen LogP contribution in [0.4, 0.5) is 0 Å². The molecule has 5 aromatic rings. The summed E-state index contributed by atoms with van der Waals surface area (Å²) in [6, 6.07) is 17.3. The van der Waals surface area contributed by atoms with E-state index in [2.05, 4.69) is 31.6 Å². The standard InChI is InChI=1S/C22H17N9O/c1-15(13-30-14-26-28-29-30)32-17-5-2-4-16(10-17)19-7-8-22-25-12-21(31(22)27-19)18-6-3-9-24-20(18)11-23/h2-10,12,14-15H,13H2,1H3. The second kappa shape index (κ2) is 8.23. The van der Waals surface area contributed by atoms with Crippen molar-refractivity contribution in [1.29, 1.82) is 5.26 Å². The first-order chi connectivity index (χ1) is 15.7. The van der Waals surface area contributed by atoms with E-state index in [1.54, 1.807) is 34.0 Å². The van der Waals surface area contributed by atoms with Crippen LogP contribution in [-0.4, -0.2) is 45.9 Å². The number of nitrogens with zero attached hydrogens (tertiary/aromatic N) is 9. The zero-order valence-electron chi connectivity index (χ0n) is 17.1. The van der Waals surface area contributed by atoms with Gasteiger partial charge in [0.15, 0.2) is 5.65 Å². The van der Waals surface area contributed by atoms with E-state index < -0.39 is 0 Å². The fraction of sp³-hybridized carbons (Fsp3) is 0.136. The van der Waals surface area contributed by atoms with E-state index in [1.165, 1.54) is 0 Å². The van der Waals surface area contributed by atoms with E-state index in [0.29, 0.717) is 29.1 Å². The van der Waals surface area contributed by atoms with Crippen LogP contribution in [-0.2, 0) is 6.54 Å². The van der Waals surface area contributed by atoms with Gasteiger partial charge in [-0.2, -0.15) is 10.4 Å². The molecular weight excluding hydrogens is 406 g/mol. The lowest BCUT2D eigenvalue weighted by molar-refractivity contribution is 0.193. The van der Waals surface area contributed by atoms with Crippen LogP contribution in [0.2, 0.25) is 0 Å². The molecule has 0 aliphatic carbocycles. The fourth-order valence-electron chi connectivity index (χ4n) is 3.44. The van der Waals surface area contributed by atoms with Gasteiger partial charge in [0.05, 0.1) is 24.1 Å². The van der Waals surface area contributed by atoms with Crippen molar-refractivity contribution in [2.45, 2.75) is 19.6 Å². The summed E-state index contributed by atoms with van der Waals surface area (Å²) in [4.78, 5) is 8.56. The van der Waals surface area contributed by atoms with Gasteiger partial charge in [-0.15, -0.1) is 5.10 Å². The second-order valence-electron chi connectivity index (χ2n) is 7.13. The first-order valence-corrected chi connectivity index (χ1v) is 9.89. The van der Waals surface area contributed by atoms with Gasteiger partial charge in [-0.25, -0.2) is 19.2 Å². The number of benzene rings is 1. The van der Waals surface area contributed by atoms with E-state index >= 15 is 0 Å². The molecule has 0 amide bonds. The number of pyridine rings is 1. The van der Waals surface area contributed by atoms with Gasteiger partial charge < -0.3 is 4.74 Å². The van der Waals surface area contributed by atoms with Crippen molar-refractivity contribution in [1.82, 2.24) is 39.8 Å². The summed E-state index contributed by atoms with van der Waals surface area (Å²) in [5.74, 6) is 0.717. The number of fused-ring (bicyclic) bond motifs is 1. The third-order valence-corrected chi connectivity index (χ3v) is 4.85. The largest absolute Gasteiger partial charge is 0.489 e. The number of ether oxygens (including phenoxy) is 1. The molecular formula is C22H17N9O. The number of nitriles is 1. The lowest BCUT2D eigenvalue weighted by Gasteiger charge is -2.15. The molecule has 0 aliphatic heterocycles. The summed E-state index contributed by atoms with van der Waals surface area (Å²) in [6.45, 7) is 2.49. The molecule has 0 N–H and O–H groups in total. The minimum atomic E-state index is -0.126. The number of imidazole rings is 1. The van der Waals surface area contributed by atoms with Crippen molar-refractivity contribution < 1.29 is 4.74 Å². The van der Waals surface area contributed by atoms with Crippen molar-refractivity contribution in [3.05, 3.63) is 72.9 Å². The van der Waals surface area contributed by atoms with Crippen molar-refractivity contribution in [3.63, 3.8) is 0 Å². The summed E-state index contributed by atoms with van der Waals surface area (Å²) >= 11 is 0. The molecule has 0 fully saturated rings. The molecule has 0 radical (unpaired) electrons. The number of aromatic nitrogens is 8. The van der Waals surface area contributed by atoms with Crippen LogP contribution in [0, 0.1) is 11.3 Å². The summed E-state index contributed by atoms with van der Waals surface area (Å²) in [5, 5.41) is 25.3. The second-order valence-corrected chi connectivity index (χ2v) is 7.13. The number of hydrogen-bond donors (Lipinski definition) is 0. The van der Waals surface area contributed by atoms with Crippen LogP contribution in [0.25, 0.3) is 28.2 Å². The van der Waals surface area contributed by atoms with Gasteiger partial charge in [0.1, 0.15) is 29.9 Å². The molecule has 1 atom stereocenters. The number of rotatable bonds is 6. The maximum Gasteiger partial charge on any atom is 0.154 e. The van der Waals surface area contributed by atoms with E-state index in [1.807, 2.05) is 49.4 Å². The number of hydrogen-bond acceptors (Lipinski definition) is 8. The van der Waals surface area contributed by atoms with Gasteiger partial charge in [-0.05, 0) is 53.7 Å². The molecule has 0 saturated heterocycles. The quantitative estimate of drug-likeness (QED) is 0.409. The number of tetrazole rings is 1. The monoisotopic (exact) mass is 423 g/mol. The van der Waals surface area contributed by atoms with Crippen LogP contribution < -0.4 is 4.74 Å². The summed E-state index contributed by atoms with van der Waals surface area (Å²) in [7, 11) is 0. The molecule has 156 valence electrons. The molecule has 0 aliphatic rings. The average Bonchev–Trinajstić information content (AvgIpc) is 3.48. The van der Waals surface area contributed by atoms with Gasteiger partial charge in [-0.1, -0.05) is 12.1 Å². The van der Waals surface area contributed by atoms with E-state index in [9.17, 15) is 5.26 Å². The van der Waals surface area contributed by atoms with Crippen molar-refractivity contribution in [2.24, 2.45) is 0 Å². The van der Waals surface area contributed by atoms with E-state index in [4.69, 9.17) is 9.84 Å². The molecule has 4 heterocycles. The highest BCUT2D eigenvalue weighted by molar-refractivity contribution is 5.69. The normalized spacial score (nSPS) is 11.9. The molecule has 0 bridgehead atoms. The minimum Gasteiger partial charge on any atom is -0.489 e. The van der Waals surface area contributed by atoms with Crippen LogP contribution >= 0.6 is 0 Å². The third kappa shape index (κ3) is 3.75. The maximum atomic E-state index is 9.42. The Hall–Kier alpha value is -4.65. The Morgan fingerprint density at radius 1 is 1.12 bits per heavy atom. The first kappa shape index (κ1) is 19.3.